The van der Waals surface area contributed by atoms with Crippen LogP contribution in [0.1, 0.15) is 5.56 Å². The number of hydrogen-bond donors (Lipinski definition) is 1. The minimum atomic E-state index is -3.69. The fourth-order valence-electron chi connectivity index (χ4n) is 3.64. The molecule has 1 N–H and O–H groups in total. The fourth-order valence-corrected chi connectivity index (χ4v) is 4.78. The van der Waals surface area contributed by atoms with E-state index in [1.165, 1.54) is 14.1 Å². The molecule has 3 aromatic carbocycles. The maximum absolute atomic E-state index is 13.1. The lowest BCUT2D eigenvalue weighted by Gasteiger charge is -2.16. The normalized spacial score (nSPS) is 11.6. The summed E-state index contributed by atoms with van der Waals surface area (Å²) in [5.74, 6) is -0.401. The molecular weight excluding hydrogens is 452 g/mol. The Morgan fingerprint density at radius 3 is 2.29 bits per heavy atom. The van der Waals surface area contributed by atoms with Crippen molar-refractivity contribution in [2.24, 2.45) is 0 Å². The second-order valence-electron chi connectivity index (χ2n) is 8.04. The number of carbonyl (C=O) groups is 1. The number of aryl methyl sites for hydroxylation is 1. The number of nitrogens with zero attached hydrogens (tertiary/aromatic N) is 3. The molecule has 34 heavy (non-hydrogen) atoms. The molecule has 0 atom stereocenters. The first-order chi connectivity index (χ1) is 16.2. The summed E-state index contributed by atoms with van der Waals surface area (Å²) in [6, 6.07) is 20.9. The molecule has 8 nitrogen and oxygen atoms in total. The maximum atomic E-state index is 13.1. The SMILES string of the molecule is Cc1ccc(-c2nn(CC(=O)Nc3ccccc3)c(=O)c3ccccc23)cc1S(=O)(=O)N(C)C. The molecule has 9 heteroatoms. The van der Waals surface area contributed by atoms with E-state index in [-0.39, 0.29) is 11.4 Å². The van der Waals surface area contributed by atoms with Gasteiger partial charge in [-0.3, -0.25) is 9.59 Å². The number of rotatable bonds is 6. The summed E-state index contributed by atoms with van der Waals surface area (Å²) in [5, 5.41) is 8.20. The van der Waals surface area contributed by atoms with E-state index in [1.54, 1.807) is 73.7 Å². The zero-order valence-corrected chi connectivity index (χ0v) is 19.8. The van der Waals surface area contributed by atoms with Gasteiger partial charge in [0.1, 0.15) is 6.54 Å². The molecule has 0 spiro atoms. The van der Waals surface area contributed by atoms with Gasteiger partial charge in [-0.1, -0.05) is 48.5 Å². The quantitative estimate of drug-likeness (QED) is 0.460. The molecule has 0 aliphatic carbocycles. The Kier molecular flexibility index (Phi) is 6.32. The maximum Gasteiger partial charge on any atom is 0.275 e. The molecule has 1 aromatic heterocycles. The standard InChI is InChI=1S/C25H24N4O4S/c1-17-13-14-18(15-22(17)34(32,33)28(2)3)24-20-11-7-8-12-21(20)25(31)29(27-24)16-23(30)26-19-9-5-4-6-10-19/h4-15H,16H2,1-3H3,(H,26,30). The Labute approximate surface area is 197 Å². The highest BCUT2D eigenvalue weighted by molar-refractivity contribution is 7.89. The fraction of sp³-hybridized carbons (Fsp3) is 0.160. The predicted molar refractivity (Wildman–Crippen MR) is 132 cm³/mol. The lowest BCUT2D eigenvalue weighted by molar-refractivity contribution is -0.117. The molecule has 0 unspecified atom stereocenters. The van der Waals surface area contributed by atoms with E-state index in [0.29, 0.717) is 33.3 Å². The number of para-hydroxylation sites is 1. The van der Waals surface area contributed by atoms with Gasteiger partial charge in [0.2, 0.25) is 15.9 Å². The molecule has 1 amide bonds. The average Bonchev–Trinajstić information content (AvgIpc) is 2.82. The van der Waals surface area contributed by atoms with E-state index in [0.717, 1.165) is 8.99 Å². The first-order valence-electron chi connectivity index (χ1n) is 10.6. The number of carbonyl (C=O) groups excluding carboxylic acids is 1. The smallest absolute Gasteiger partial charge is 0.275 e. The summed E-state index contributed by atoms with van der Waals surface area (Å²) in [4.78, 5) is 25.9. The number of amides is 1. The lowest BCUT2D eigenvalue weighted by atomic mass is 10.0. The monoisotopic (exact) mass is 476 g/mol. The van der Waals surface area contributed by atoms with Gasteiger partial charge >= 0.3 is 0 Å². The van der Waals surface area contributed by atoms with E-state index in [4.69, 9.17) is 0 Å². The number of aromatic nitrogens is 2. The summed E-state index contributed by atoms with van der Waals surface area (Å²) in [6.45, 7) is 1.43. The molecule has 0 aliphatic heterocycles. The Hall–Kier alpha value is -3.82. The number of fused-ring (bicyclic) bond motifs is 1. The third kappa shape index (κ3) is 4.48. The van der Waals surface area contributed by atoms with Crippen LogP contribution >= 0.6 is 0 Å². The van der Waals surface area contributed by atoms with Gasteiger partial charge < -0.3 is 5.32 Å². The van der Waals surface area contributed by atoms with Crippen LogP contribution in [-0.4, -0.2) is 42.5 Å². The van der Waals surface area contributed by atoms with Crippen molar-refractivity contribution < 1.29 is 13.2 Å². The number of anilines is 1. The van der Waals surface area contributed by atoms with Gasteiger partial charge in [-0.2, -0.15) is 5.10 Å². The van der Waals surface area contributed by atoms with Gasteiger partial charge in [0.15, 0.2) is 0 Å². The highest BCUT2D eigenvalue weighted by Gasteiger charge is 2.22. The van der Waals surface area contributed by atoms with Crippen LogP contribution in [0.5, 0.6) is 0 Å². The van der Waals surface area contributed by atoms with Crippen LogP contribution in [-0.2, 0) is 21.4 Å². The topological polar surface area (TPSA) is 101 Å². The van der Waals surface area contributed by atoms with Gasteiger partial charge in [0.05, 0.1) is 16.0 Å². The van der Waals surface area contributed by atoms with Gasteiger partial charge in [0.25, 0.3) is 5.56 Å². The summed E-state index contributed by atoms with van der Waals surface area (Å²) in [7, 11) is -0.745. The first kappa shape index (κ1) is 23.3. The highest BCUT2D eigenvalue weighted by atomic mass is 32.2. The van der Waals surface area contributed by atoms with Crippen molar-refractivity contribution in [3.05, 3.63) is 88.7 Å². The Morgan fingerprint density at radius 2 is 1.62 bits per heavy atom. The van der Waals surface area contributed by atoms with Gasteiger partial charge in [0, 0.05) is 30.7 Å². The van der Waals surface area contributed by atoms with Crippen LogP contribution in [0.25, 0.3) is 22.0 Å². The van der Waals surface area contributed by atoms with Crippen LogP contribution in [0.4, 0.5) is 5.69 Å². The minimum Gasteiger partial charge on any atom is -0.324 e. The Balaban J connectivity index is 1.84. The minimum absolute atomic E-state index is 0.153. The van der Waals surface area contributed by atoms with Crippen LogP contribution in [0.15, 0.2) is 82.5 Å². The molecule has 0 saturated heterocycles. The van der Waals surface area contributed by atoms with E-state index in [9.17, 15) is 18.0 Å². The lowest BCUT2D eigenvalue weighted by Crippen LogP contribution is -2.30. The number of benzene rings is 3. The van der Waals surface area contributed by atoms with E-state index < -0.39 is 21.5 Å². The molecule has 0 radical (unpaired) electrons. The molecule has 174 valence electrons. The predicted octanol–water partition coefficient (Wildman–Crippen LogP) is 3.26. The summed E-state index contributed by atoms with van der Waals surface area (Å²) in [5.41, 5.74) is 1.74. The van der Waals surface area contributed by atoms with Gasteiger partial charge in [-0.25, -0.2) is 17.4 Å². The van der Waals surface area contributed by atoms with E-state index >= 15 is 0 Å². The van der Waals surface area contributed by atoms with Crippen LogP contribution in [0, 0.1) is 6.92 Å². The Morgan fingerprint density at radius 1 is 0.971 bits per heavy atom. The number of hydrogen-bond acceptors (Lipinski definition) is 5. The van der Waals surface area contributed by atoms with Crippen molar-refractivity contribution in [2.45, 2.75) is 18.4 Å². The van der Waals surface area contributed by atoms with Crippen molar-refractivity contribution in [3.63, 3.8) is 0 Å². The molecule has 4 aromatic rings. The third-order valence-corrected chi connectivity index (χ3v) is 7.40. The second kappa shape index (κ2) is 9.20. The molecule has 4 rings (SSSR count). The zero-order chi connectivity index (χ0) is 24.5. The van der Waals surface area contributed by atoms with Crippen molar-refractivity contribution in [1.82, 2.24) is 14.1 Å². The molecule has 0 saturated carbocycles. The average molecular weight is 477 g/mol. The Bertz CT molecular complexity index is 1540. The van der Waals surface area contributed by atoms with Gasteiger partial charge in [-0.15, -0.1) is 0 Å². The van der Waals surface area contributed by atoms with Crippen molar-refractivity contribution >= 4 is 32.4 Å². The van der Waals surface area contributed by atoms with Crippen LogP contribution < -0.4 is 10.9 Å². The largest absolute Gasteiger partial charge is 0.324 e. The van der Waals surface area contributed by atoms with Crippen molar-refractivity contribution in [3.8, 4) is 11.3 Å². The number of sulfonamides is 1. The van der Waals surface area contributed by atoms with Gasteiger partial charge in [-0.05, 0) is 36.8 Å². The number of nitrogens with one attached hydrogen (secondary N) is 1. The van der Waals surface area contributed by atoms with E-state index in [1.807, 2.05) is 6.07 Å². The molecule has 1 heterocycles. The third-order valence-electron chi connectivity index (χ3n) is 5.44. The second-order valence-corrected chi connectivity index (χ2v) is 10.2. The molecule has 0 aliphatic rings. The van der Waals surface area contributed by atoms with E-state index in [2.05, 4.69) is 10.4 Å². The van der Waals surface area contributed by atoms with Crippen LogP contribution in [0.3, 0.4) is 0 Å². The highest BCUT2D eigenvalue weighted by Crippen LogP contribution is 2.29. The summed E-state index contributed by atoms with van der Waals surface area (Å²) >= 11 is 0. The van der Waals surface area contributed by atoms with Crippen LogP contribution in [0.2, 0.25) is 0 Å². The molecule has 0 fully saturated rings. The molecular formula is C25H24N4O4S. The van der Waals surface area contributed by atoms with Crippen molar-refractivity contribution in [2.75, 3.05) is 19.4 Å². The first-order valence-corrected chi connectivity index (χ1v) is 12.0. The zero-order valence-electron chi connectivity index (χ0n) is 19.0. The summed E-state index contributed by atoms with van der Waals surface area (Å²) < 4.78 is 27.9. The molecule has 0 bridgehead atoms. The summed E-state index contributed by atoms with van der Waals surface area (Å²) in [6.07, 6.45) is 0. The van der Waals surface area contributed by atoms with Crippen molar-refractivity contribution in [1.29, 1.82) is 0 Å².